The molecule has 0 bridgehead atoms. The van der Waals surface area contributed by atoms with Crippen LogP contribution in [0.1, 0.15) is 49.5 Å². The third kappa shape index (κ3) is 11.2. The Morgan fingerprint density at radius 2 is 1.92 bits per heavy atom. The number of nitrogens with zero attached hydrogens (tertiary/aromatic N) is 3. The van der Waals surface area contributed by atoms with Gasteiger partial charge in [0.05, 0.1) is 23.3 Å². The second-order valence-electron chi connectivity index (χ2n) is 8.44. The van der Waals surface area contributed by atoms with Gasteiger partial charge in [0.15, 0.2) is 0 Å². The minimum absolute atomic E-state index is 0.0974. The molecular formula is C32H41N5O2. The van der Waals surface area contributed by atoms with Gasteiger partial charge in [-0.2, -0.15) is 0 Å². The SMILES string of the molecule is C=C/C(=C\N=C)CNC(=O)c1ccc(CCC)cc1.C=C1C(C)=NC=C(C(/C=C\NC)=C/C=O)N1/C=C\CC. The summed E-state index contributed by atoms with van der Waals surface area (Å²) in [7, 11) is 1.81. The zero-order valence-corrected chi connectivity index (χ0v) is 23.6. The number of aliphatic imine (C=N–C) groups is 2. The van der Waals surface area contributed by atoms with Crippen molar-refractivity contribution in [3.63, 3.8) is 0 Å². The second-order valence-corrected chi connectivity index (χ2v) is 8.44. The summed E-state index contributed by atoms with van der Waals surface area (Å²) in [5.41, 5.74) is 6.00. The molecule has 0 radical (unpaired) electrons. The summed E-state index contributed by atoms with van der Waals surface area (Å²) in [6.45, 7) is 17.6. The van der Waals surface area contributed by atoms with Crippen molar-refractivity contribution in [3.05, 3.63) is 120 Å². The summed E-state index contributed by atoms with van der Waals surface area (Å²) in [5.74, 6) is -0.0974. The number of aryl methyl sites for hydroxylation is 1. The van der Waals surface area contributed by atoms with E-state index in [9.17, 15) is 9.59 Å². The van der Waals surface area contributed by atoms with Crippen LogP contribution in [0, 0.1) is 0 Å². The minimum atomic E-state index is -0.0974. The molecule has 1 aromatic carbocycles. The predicted octanol–water partition coefficient (Wildman–Crippen LogP) is 6.04. The number of carbonyl (C=O) groups is 2. The largest absolute Gasteiger partial charge is 0.394 e. The number of benzene rings is 1. The van der Waals surface area contributed by atoms with Crippen LogP contribution in [0.3, 0.4) is 0 Å². The number of allylic oxidation sites excluding steroid dienone is 4. The highest BCUT2D eigenvalue weighted by Crippen LogP contribution is 2.26. The molecule has 0 unspecified atom stereocenters. The first-order valence-electron chi connectivity index (χ1n) is 12.9. The molecule has 0 aromatic heterocycles. The highest BCUT2D eigenvalue weighted by molar-refractivity contribution is 5.99. The van der Waals surface area contributed by atoms with Crippen LogP contribution in [-0.2, 0) is 11.2 Å². The molecule has 1 aliphatic rings. The summed E-state index contributed by atoms with van der Waals surface area (Å²) in [6, 6.07) is 7.69. The summed E-state index contributed by atoms with van der Waals surface area (Å²) >= 11 is 0. The number of hydrogen-bond acceptors (Lipinski definition) is 6. The Kier molecular flexibility index (Phi) is 15.6. The lowest BCUT2D eigenvalue weighted by Gasteiger charge is -2.28. The predicted molar refractivity (Wildman–Crippen MR) is 165 cm³/mol. The maximum absolute atomic E-state index is 11.9. The van der Waals surface area contributed by atoms with E-state index >= 15 is 0 Å². The van der Waals surface area contributed by atoms with E-state index in [1.54, 1.807) is 31.7 Å². The van der Waals surface area contributed by atoms with Crippen LogP contribution in [0.2, 0.25) is 0 Å². The minimum Gasteiger partial charge on any atom is -0.394 e. The van der Waals surface area contributed by atoms with Crippen molar-refractivity contribution >= 4 is 24.6 Å². The van der Waals surface area contributed by atoms with Gasteiger partial charge in [-0.05, 0) is 68.1 Å². The average Bonchev–Trinajstić information content (AvgIpc) is 2.95. The molecule has 1 aromatic rings. The fourth-order valence-electron chi connectivity index (χ4n) is 3.37. The molecule has 0 spiro atoms. The fourth-order valence-corrected chi connectivity index (χ4v) is 3.37. The van der Waals surface area contributed by atoms with Crippen molar-refractivity contribution in [3.8, 4) is 0 Å². The first-order chi connectivity index (χ1) is 18.9. The van der Waals surface area contributed by atoms with Crippen molar-refractivity contribution in [1.29, 1.82) is 0 Å². The summed E-state index contributed by atoms with van der Waals surface area (Å²) in [5, 5.41) is 5.73. The van der Waals surface area contributed by atoms with Gasteiger partial charge in [0.25, 0.3) is 5.91 Å². The van der Waals surface area contributed by atoms with E-state index in [0.29, 0.717) is 12.1 Å². The maximum Gasteiger partial charge on any atom is 0.251 e. The topological polar surface area (TPSA) is 86.2 Å². The molecule has 0 saturated heterocycles. The van der Waals surface area contributed by atoms with Crippen LogP contribution < -0.4 is 10.6 Å². The molecular weight excluding hydrogens is 486 g/mol. The van der Waals surface area contributed by atoms with Gasteiger partial charge in [0, 0.05) is 37.1 Å². The van der Waals surface area contributed by atoms with Gasteiger partial charge in [-0.3, -0.25) is 19.6 Å². The van der Waals surface area contributed by atoms with Gasteiger partial charge in [0.2, 0.25) is 0 Å². The van der Waals surface area contributed by atoms with Gasteiger partial charge in [-0.15, -0.1) is 0 Å². The van der Waals surface area contributed by atoms with E-state index in [1.807, 2.05) is 54.4 Å². The Balaban J connectivity index is 0.000000391. The molecule has 2 rings (SSSR count). The Morgan fingerprint density at radius 1 is 1.21 bits per heavy atom. The third-order valence-corrected chi connectivity index (χ3v) is 5.54. The van der Waals surface area contributed by atoms with E-state index < -0.39 is 0 Å². The molecule has 206 valence electrons. The molecule has 0 atom stereocenters. The Hall–Kier alpha value is -4.52. The van der Waals surface area contributed by atoms with Crippen molar-refractivity contribution < 1.29 is 9.59 Å². The van der Waals surface area contributed by atoms with Gasteiger partial charge in [-0.1, -0.05) is 57.7 Å². The maximum atomic E-state index is 11.9. The molecule has 0 fully saturated rings. The summed E-state index contributed by atoms with van der Waals surface area (Å²) in [4.78, 5) is 32.7. The molecule has 39 heavy (non-hydrogen) atoms. The van der Waals surface area contributed by atoms with Crippen LogP contribution >= 0.6 is 0 Å². The molecule has 2 N–H and O–H groups in total. The third-order valence-electron chi connectivity index (χ3n) is 5.54. The first kappa shape index (κ1) is 32.5. The highest BCUT2D eigenvalue weighted by Gasteiger charge is 2.18. The fraction of sp³-hybridized carbons (Fsp3) is 0.250. The monoisotopic (exact) mass is 527 g/mol. The van der Waals surface area contributed by atoms with Crippen LogP contribution in [0.25, 0.3) is 0 Å². The lowest BCUT2D eigenvalue weighted by atomic mass is 10.1. The zero-order chi connectivity index (χ0) is 29.0. The van der Waals surface area contributed by atoms with Crippen molar-refractivity contribution in [2.75, 3.05) is 13.6 Å². The number of rotatable bonds is 13. The van der Waals surface area contributed by atoms with Gasteiger partial charge < -0.3 is 15.5 Å². The standard InChI is InChI=1S/C16H21N3O.C16H20N2O/c1-5-6-10-19-14(3)13(2)18-12-16(19)15(8-11-20)7-9-17-4;1-4-6-14-7-9-15(10-8-14)16(19)18-12-13(5-2)11-17-3/h6-12,17H,3,5H2,1-2,4H3;5,7-11H,2-4,6,12H2,1H3,(H,18,19)/b9-7-,10-6-,15-8+;13-11+. The number of nitrogens with one attached hydrogen (secondary N) is 2. The van der Waals surface area contributed by atoms with Crippen LogP contribution in [0.5, 0.6) is 0 Å². The second kappa shape index (κ2) is 18.7. The van der Waals surface area contributed by atoms with Crippen molar-refractivity contribution in [2.24, 2.45) is 9.98 Å². The lowest BCUT2D eigenvalue weighted by Crippen LogP contribution is -2.25. The smallest absolute Gasteiger partial charge is 0.251 e. The highest BCUT2D eigenvalue weighted by atomic mass is 16.1. The van der Waals surface area contributed by atoms with Gasteiger partial charge in [-0.25, -0.2) is 0 Å². The summed E-state index contributed by atoms with van der Waals surface area (Å²) < 4.78 is 0. The molecule has 7 nitrogen and oxygen atoms in total. The Labute approximate surface area is 233 Å². The van der Waals surface area contributed by atoms with Crippen molar-refractivity contribution in [2.45, 2.75) is 40.0 Å². The van der Waals surface area contributed by atoms with Crippen molar-refractivity contribution in [1.82, 2.24) is 15.5 Å². The normalized spacial score (nSPS) is 13.8. The van der Waals surface area contributed by atoms with Crippen LogP contribution in [-0.4, -0.2) is 43.1 Å². The molecule has 0 saturated carbocycles. The van der Waals surface area contributed by atoms with E-state index in [4.69, 9.17) is 0 Å². The lowest BCUT2D eigenvalue weighted by molar-refractivity contribution is -0.104. The molecule has 1 aliphatic heterocycles. The van der Waals surface area contributed by atoms with Gasteiger partial charge in [0.1, 0.15) is 6.29 Å². The Morgan fingerprint density at radius 3 is 2.49 bits per heavy atom. The number of aldehydes is 1. The van der Waals surface area contributed by atoms with E-state index in [2.05, 4.69) is 54.3 Å². The van der Waals surface area contributed by atoms with E-state index in [1.165, 1.54) is 11.6 Å². The van der Waals surface area contributed by atoms with Crippen LogP contribution in [0.15, 0.2) is 119 Å². The van der Waals surface area contributed by atoms with E-state index in [0.717, 1.165) is 53.8 Å². The van der Waals surface area contributed by atoms with Crippen LogP contribution in [0.4, 0.5) is 0 Å². The molecule has 0 aliphatic carbocycles. The average molecular weight is 528 g/mol. The summed E-state index contributed by atoms with van der Waals surface area (Å²) in [6.07, 6.45) is 17.9. The molecule has 1 amide bonds. The molecule has 7 heteroatoms. The number of amides is 1. The number of hydrogen-bond donors (Lipinski definition) is 2. The van der Waals surface area contributed by atoms with Gasteiger partial charge >= 0.3 is 0 Å². The zero-order valence-electron chi connectivity index (χ0n) is 23.6. The first-order valence-corrected chi connectivity index (χ1v) is 12.9. The molecule has 1 heterocycles. The van der Waals surface area contributed by atoms with E-state index in [-0.39, 0.29) is 5.91 Å². The number of carbonyl (C=O) groups excluding carboxylic acids is 2. The quantitative estimate of drug-likeness (QED) is 0.142. The Bertz CT molecular complexity index is 1180.